The molecule has 2 fully saturated rings. The number of amides is 1. The van der Waals surface area contributed by atoms with Gasteiger partial charge in [-0.05, 0) is 49.1 Å². The van der Waals surface area contributed by atoms with Crippen molar-refractivity contribution < 1.29 is 19.4 Å². The average molecular weight is 427 g/mol. The molecule has 4 rings (SSSR count). The molecule has 6 nitrogen and oxygen atoms in total. The van der Waals surface area contributed by atoms with Crippen molar-refractivity contribution >= 4 is 29.1 Å². The Morgan fingerprint density at radius 3 is 2.63 bits per heavy atom. The van der Waals surface area contributed by atoms with Gasteiger partial charge in [-0.1, -0.05) is 30.5 Å². The van der Waals surface area contributed by atoms with E-state index in [4.69, 9.17) is 16.3 Å². The van der Waals surface area contributed by atoms with E-state index < -0.39 is 17.7 Å². The van der Waals surface area contributed by atoms with Crippen molar-refractivity contribution in [2.24, 2.45) is 0 Å². The van der Waals surface area contributed by atoms with Crippen LogP contribution in [-0.4, -0.2) is 39.8 Å². The Morgan fingerprint density at radius 2 is 2.00 bits per heavy atom. The number of aromatic nitrogens is 1. The second kappa shape index (κ2) is 8.11. The minimum absolute atomic E-state index is 0.0415. The summed E-state index contributed by atoms with van der Waals surface area (Å²) in [6.07, 6.45) is 6.96. The third kappa shape index (κ3) is 3.35. The first-order valence-electron chi connectivity index (χ1n) is 9.98. The number of likely N-dealkylation sites (tertiary alicyclic amines) is 1. The molecule has 1 unspecified atom stereocenters. The molecule has 1 aliphatic carbocycles. The fraction of sp³-hybridized carbons (Fsp3) is 0.348. The molecule has 0 spiro atoms. The zero-order valence-corrected chi connectivity index (χ0v) is 17.6. The Morgan fingerprint density at radius 1 is 1.27 bits per heavy atom. The van der Waals surface area contributed by atoms with Gasteiger partial charge >= 0.3 is 0 Å². The van der Waals surface area contributed by atoms with Gasteiger partial charge in [-0.3, -0.25) is 14.6 Å². The lowest BCUT2D eigenvalue weighted by atomic mass is 9.95. The number of hydrogen-bond donors (Lipinski definition) is 1. The fourth-order valence-corrected chi connectivity index (χ4v) is 4.88. The normalized spacial score (nSPS) is 21.4. The van der Waals surface area contributed by atoms with E-state index in [0.717, 1.165) is 31.2 Å². The van der Waals surface area contributed by atoms with Crippen LogP contribution in [0.25, 0.3) is 5.76 Å². The number of Topliss-reactive ketones (excluding diaryl/α,β-unsaturated/α-hetero) is 1. The summed E-state index contributed by atoms with van der Waals surface area (Å²) >= 11 is 6.31. The largest absolute Gasteiger partial charge is 0.507 e. The van der Waals surface area contributed by atoms with Crippen LogP contribution in [-0.2, 0) is 9.59 Å². The Kier molecular flexibility index (Phi) is 5.52. The fourth-order valence-electron chi connectivity index (χ4n) is 4.53. The van der Waals surface area contributed by atoms with Crippen molar-refractivity contribution in [3.8, 4) is 5.75 Å². The van der Waals surface area contributed by atoms with Crippen LogP contribution in [0.2, 0.25) is 5.02 Å². The monoisotopic (exact) mass is 426 g/mol. The van der Waals surface area contributed by atoms with Gasteiger partial charge in [-0.2, -0.15) is 0 Å². The minimum atomic E-state index is -0.703. The predicted molar refractivity (Wildman–Crippen MR) is 113 cm³/mol. The summed E-state index contributed by atoms with van der Waals surface area (Å²) in [6, 6.07) is 6.25. The van der Waals surface area contributed by atoms with Crippen LogP contribution in [0.5, 0.6) is 5.75 Å². The zero-order chi connectivity index (χ0) is 21.4. The van der Waals surface area contributed by atoms with Crippen LogP contribution in [0.1, 0.15) is 48.4 Å². The first-order valence-corrected chi connectivity index (χ1v) is 10.4. The standard InChI is InChI=1S/C23H23ClN2O4/c1-13-10-16(22(30-2)17(24)11-13)20(27)18-19(14-6-5-9-25-12-14)26(23(29)21(18)28)15-7-3-4-8-15/h5-6,9-12,15,19,27H,3-4,7-8H2,1-2H3/b20-18+. The number of ether oxygens (including phenoxy) is 1. The number of aryl methyl sites for hydroxylation is 1. The van der Waals surface area contributed by atoms with Gasteiger partial charge in [-0.25, -0.2) is 0 Å². The molecule has 1 amide bonds. The topological polar surface area (TPSA) is 79.7 Å². The van der Waals surface area contributed by atoms with Crippen molar-refractivity contribution in [1.82, 2.24) is 9.88 Å². The first-order chi connectivity index (χ1) is 14.4. The number of rotatable bonds is 4. The Hall–Kier alpha value is -2.86. The van der Waals surface area contributed by atoms with Gasteiger partial charge in [0.1, 0.15) is 11.5 Å². The van der Waals surface area contributed by atoms with Gasteiger partial charge in [0.25, 0.3) is 11.7 Å². The van der Waals surface area contributed by atoms with E-state index in [-0.39, 0.29) is 23.1 Å². The molecule has 30 heavy (non-hydrogen) atoms. The van der Waals surface area contributed by atoms with Crippen molar-refractivity contribution in [3.63, 3.8) is 0 Å². The summed E-state index contributed by atoms with van der Waals surface area (Å²) in [5.41, 5.74) is 1.81. The van der Waals surface area contributed by atoms with E-state index in [0.29, 0.717) is 16.1 Å². The van der Waals surface area contributed by atoms with Crippen LogP contribution in [0, 0.1) is 6.92 Å². The number of pyridine rings is 1. The number of halogens is 1. The first kappa shape index (κ1) is 20.4. The van der Waals surface area contributed by atoms with Gasteiger partial charge < -0.3 is 14.7 Å². The summed E-state index contributed by atoms with van der Waals surface area (Å²) in [5, 5.41) is 11.6. The second-order valence-electron chi connectivity index (χ2n) is 7.76. The highest BCUT2D eigenvalue weighted by molar-refractivity contribution is 6.46. The number of hydrogen-bond acceptors (Lipinski definition) is 5. The highest BCUT2D eigenvalue weighted by Gasteiger charge is 2.49. The van der Waals surface area contributed by atoms with Crippen LogP contribution in [0.3, 0.4) is 0 Å². The molecule has 1 saturated heterocycles. The number of benzene rings is 1. The van der Waals surface area contributed by atoms with Crippen LogP contribution < -0.4 is 4.74 Å². The number of aliphatic hydroxyl groups excluding tert-OH is 1. The quantitative estimate of drug-likeness (QED) is 0.445. The van der Waals surface area contributed by atoms with Gasteiger partial charge in [-0.15, -0.1) is 0 Å². The summed E-state index contributed by atoms with van der Waals surface area (Å²) in [4.78, 5) is 32.0. The summed E-state index contributed by atoms with van der Waals surface area (Å²) in [5.74, 6) is -1.31. The van der Waals surface area contributed by atoms with Gasteiger partial charge in [0.15, 0.2) is 0 Å². The zero-order valence-electron chi connectivity index (χ0n) is 16.9. The molecular formula is C23H23ClN2O4. The maximum atomic E-state index is 13.1. The van der Waals surface area contributed by atoms with Gasteiger partial charge in [0.05, 0.1) is 29.3 Å². The smallest absolute Gasteiger partial charge is 0.295 e. The van der Waals surface area contributed by atoms with Crippen molar-refractivity contribution in [2.75, 3.05) is 7.11 Å². The van der Waals surface area contributed by atoms with E-state index in [1.807, 2.05) is 13.0 Å². The number of carbonyl (C=O) groups excluding carboxylic acids is 2. The van der Waals surface area contributed by atoms with Crippen LogP contribution in [0.4, 0.5) is 0 Å². The predicted octanol–water partition coefficient (Wildman–Crippen LogP) is 4.42. The molecule has 1 atom stereocenters. The highest BCUT2D eigenvalue weighted by Crippen LogP contribution is 2.45. The number of methoxy groups -OCH3 is 1. The van der Waals surface area contributed by atoms with Crippen molar-refractivity contribution in [3.05, 3.63) is 63.9 Å². The minimum Gasteiger partial charge on any atom is -0.507 e. The highest BCUT2D eigenvalue weighted by atomic mass is 35.5. The van der Waals surface area contributed by atoms with E-state index in [1.54, 1.807) is 35.5 Å². The average Bonchev–Trinajstić information content (AvgIpc) is 3.35. The van der Waals surface area contributed by atoms with Gasteiger partial charge in [0, 0.05) is 18.4 Å². The molecule has 1 aromatic carbocycles. The maximum Gasteiger partial charge on any atom is 0.295 e. The molecule has 7 heteroatoms. The van der Waals surface area contributed by atoms with E-state index >= 15 is 0 Å². The molecular weight excluding hydrogens is 404 g/mol. The van der Waals surface area contributed by atoms with E-state index in [1.165, 1.54) is 7.11 Å². The number of aliphatic hydroxyl groups is 1. The number of carbonyl (C=O) groups is 2. The molecule has 156 valence electrons. The summed E-state index contributed by atoms with van der Waals surface area (Å²) in [7, 11) is 1.45. The second-order valence-corrected chi connectivity index (χ2v) is 8.17. The Balaban J connectivity index is 1.95. The molecule has 1 N–H and O–H groups in total. The Labute approximate surface area is 180 Å². The lowest BCUT2D eigenvalue weighted by Gasteiger charge is -2.30. The molecule has 2 aromatic rings. The van der Waals surface area contributed by atoms with Crippen LogP contribution in [0.15, 0.2) is 42.2 Å². The van der Waals surface area contributed by atoms with Crippen molar-refractivity contribution in [2.45, 2.75) is 44.7 Å². The van der Waals surface area contributed by atoms with E-state index in [2.05, 4.69) is 4.98 Å². The molecule has 0 bridgehead atoms. The summed E-state index contributed by atoms with van der Waals surface area (Å²) in [6.45, 7) is 1.83. The maximum absolute atomic E-state index is 13.1. The lowest BCUT2D eigenvalue weighted by molar-refractivity contribution is -0.141. The molecule has 2 aliphatic rings. The molecule has 1 aliphatic heterocycles. The summed E-state index contributed by atoms with van der Waals surface area (Å²) < 4.78 is 5.39. The third-order valence-electron chi connectivity index (χ3n) is 5.85. The SMILES string of the molecule is COc1c(Cl)cc(C)cc1/C(O)=C1\C(=O)C(=O)N(C2CCCC2)C1c1cccnc1. The number of ketones is 1. The molecule has 1 saturated carbocycles. The Bertz CT molecular complexity index is 1030. The lowest BCUT2D eigenvalue weighted by Crippen LogP contribution is -2.37. The van der Waals surface area contributed by atoms with Crippen molar-refractivity contribution in [1.29, 1.82) is 0 Å². The molecule has 0 radical (unpaired) electrons. The molecule has 1 aromatic heterocycles. The number of nitrogens with zero attached hydrogens (tertiary/aromatic N) is 2. The van der Waals surface area contributed by atoms with E-state index in [9.17, 15) is 14.7 Å². The van der Waals surface area contributed by atoms with Crippen LogP contribution >= 0.6 is 11.6 Å². The third-order valence-corrected chi connectivity index (χ3v) is 6.13. The van der Waals surface area contributed by atoms with Gasteiger partial charge in [0.2, 0.25) is 0 Å². The molecule has 2 heterocycles.